The van der Waals surface area contributed by atoms with Gasteiger partial charge in [0.1, 0.15) is 0 Å². The van der Waals surface area contributed by atoms with Crippen LogP contribution in [0.25, 0.3) is 0 Å². The van der Waals surface area contributed by atoms with Crippen LogP contribution in [0.1, 0.15) is 78.1 Å². The number of carbonyl (C=O) groups excluding carboxylic acids is 2. The fourth-order valence-electron chi connectivity index (χ4n) is 2.08. The molecule has 0 fully saturated rings. The van der Waals surface area contributed by atoms with E-state index in [1.54, 1.807) is 0 Å². The van der Waals surface area contributed by atoms with Crippen LogP contribution in [0.5, 0.6) is 0 Å². The molecule has 0 saturated heterocycles. The van der Waals surface area contributed by atoms with Crippen molar-refractivity contribution in [1.29, 1.82) is 0 Å². The predicted octanol–water partition coefficient (Wildman–Crippen LogP) is 3.19. The molecule has 4 nitrogen and oxygen atoms in total. The fourth-order valence-corrected chi connectivity index (χ4v) is 2.29. The van der Waals surface area contributed by atoms with E-state index < -0.39 is 5.44 Å². The summed E-state index contributed by atoms with van der Waals surface area (Å²) < 4.78 is 4.95. The number of hydrogen-bond acceptors (Lipinski definition) is 4. The number of carbonyl (C=O) groups is 2. The molecule has 0 aliphatic rings. The Morgan fingerprint density at radius 3 is 1.95 bits per heavy atom. The zero-order valence-corrected chi connectivity index (χ0v) is 14.4. The monoisotopic (exact) mass is 357 g/mol. The van der Waals surface area contributed by atoms with E-state index in [1.165, 1.54) is 44.9 Å². The molecule has 1 N–H and O–H groups in total. The summed E-state index contributed by atoms with van der Waals surface area (Å²) >= 11 is 3.96. The first-order valence-electron chi connectivity index (χ1n) is 8.27. The average Bonchev–Trinajstić information content (AvgIpc) is 2.45. The molecular weight excluding hydrogens is 325 g/mol. The summed E-state index contributed by atoms with van der Waals surface area (Å²) in [5.74, 6) is -0.703. The van der Waals surface area contributed by atoms with Crippen LogP contribution >= 0.6 is 12.6 Å². The van der Waals surface area contributed by atoms with Gasteiger partial charge in [0.25, 0.3) is 5.91 Å². The predicted molar refractivity (Wildman–Crippen MR) is 96.5 cm³/mol. The van der Waals surface area contributed by atoms with Crippen LogP contribution in [-0.4, -0.2) is 75.2 Å². The molecule has 6 heteroatoms. The summed E-state index contributed by atoms with van der Waals surface area (Å²) in [5.41, 5.74) is -0.990. The van der Waals surface area contributed by atoms with Crippen LogP contribution in [0.4, 0.5) is 0 Å². The molecule has 0 aliphatic heterocycles. The summed E-state index contributed by atoms with van der Waals surface area (Å²) in [6.45, 7) is 4.54. The maximum absolute atomic E-state index is 11.5. The van der Waals surface area contributed by atoms with Crippen LogP contribution in [-0.2, 0) is 14.3 Å². The van der Waals surface area contributed by atoms with Crippen molar-refractivity contribution >= 4 is 75.9 Å². The van der Waals surface area contributed by atoms with Crippen molar-refractivity contribution in [2.24, 2.45) is 0 Å². The summed E-state index contributed by atoms with van der Waals surface area (Å²) in [6.07, 6.45) is 11.2. The molecule has 0 heterocycles. The van der Waals surface area contributed by atoms with Crippen LogP contribution in [0.2, 0.25) is 0 Å². The summed E-state index contributed by atoms with van der Waals surface area (Å²) in [4.78, 5) is 22.9. The Kier molecular flexibility index (Phi) is 20.9. The van der Waals surface area contributed by atoms with E-state index in [0.717, 1.165) is 12.8 Å². The number of hydrogen-bond donors (Lipinski definition) is 2. The third kappa shape index (κ3) is 15.8. The Morgan fingerprint density at radius 2 is 1.45 bits per heavy atom. The SMILES string of the molecule is CCCCCCCCCCCC(=O)OC(S)C(=O)NCC.[KH]. The minimum absolute atomic E-state index is 0. The first-order valence-corrected chi connectivity index (χ1v) is 8.78. The summed E-state index contributed by atoms with van der Waals surface area (Å²) in [6, 6.07) is 0. The number of nitrogens with one attached hydrogen (secondary N) is 1. The van der Waals surface area contributed by atoms with Gasteiger partial charge in [0.2, 0.25) is 5.44 Å². The van der Waals surface area contributed by atoms with E-state index in [0.29, 0.717) is 13.0 Å². The Morgan fingerprint density at radius 1 is 0.955 bits per heavy atom. The third-order valence-electron chi connectivity index (χ3n) is 3.30. The molecule has 0 aromatic heterocycles. The Bertz CT molecular complexity index is 291. The number of unbranched alkanes of at least 4 members (excludes halogenated alkanes) is 8. The van der Waals surface area contributed by atoms with Gasteiger partial charge < -0.3 is 10.1 Å². The van der Waals surface area contributed by atoms with Crippen molar-refractivity contribution in [3.05, 3.63) is 0 Å². The van der Waals surface area contributed by atoms with Gasteiger partial charge in [-0.3, -0.25) is 9.59 Å². The number of ether oxygens (including phenoxy) is 1. The van der Waals surface area contributed by atoms with Crippen LogP contribution in [0.3, 0.4) is 0 Å². The van der Waals surface area contributed by atoms with Crippen molar-refractivity contribution in [3.8, 4) is 0 Å². The first-order chi connectivity index (χ1) is 10.1. The molecule has 0 radical (unpaired) electrons. The standard InChI is InChI=1S/C16H31NO3S.K.H/c1-3-5-6-7-8-9-10-11-12-13-14(18)20-16(21)15(19)17-4-2;;/h16,21H,3-13H2,1-2H3,(H,17,19);;. The normalized spacial score (nSPS) is 11.4. The van der Waals surface area contributed by atoms with E-state index in [-0.39, 0.29) is 63.3 Å². The maximum atomic E-state index is 11.5. The molecule has 1 atom stereocenters. The molecule has 0 bridgehead atoms. The number of esters is 1. The number of likely N-dealkylation sites (N-methyl/N-ethyl adjacent to an activating group) is 1. The van der Waals surface area contributed by atoms with Crippen LogP contribution in [0, 0.1) is 0 Å². The Labute approximate surface area is 183 Å². The van der Waals surface area contributed by atoms with Gasteiger partial charge >= 0.3 is 57.4 Å². The van der Waals surface area contributed by atoms with E-state index in [9.17, 15) is 9.59 Å². The molecule has 0 rings (SSSR count). The van der Waals surface area contributed by atoms with Crippen LogP contribution in [0.15, 0.2) is 0 Å². The molecule has 1 unspecified atom stereocenters. The van der Waals surface area contributed by atoms with Gasteiger partial charge in [-0.2, -0.15) is 0 Å². The molecule has 22 heavy (non-hydrogen) atoms. The van der Waals surface area contributed by atoms with Crippen molar-refractivity contribution in [3.63, 3.8) is 0 Å². The molecule has 1 amide bonds. The molecule has 0 saturated carbocycles. The fraction of sp³-hybridized carbons (Fsp3) is 0.875. The Balaban J connectivity index is 0. The van der Waals surface area contributed by atoms with E-state index in [2.05, 4.69) is 24.9 Å². The molecule has 0 aromatic rings. The van der Waals surface area contributed by atoms with Gasteiger partial charge in [0, 0.05) is 13.0 Å². The number of thiol groups is 1. The van der Waals surface area contributed by atoms with Crippen molar-refractivity contribution in [1.82, 2.24) is 5.32 Å². The van der Waals surface area contributed by atoms with E-state index in [1.807, 2.05) is 6.92 Å². The van der Waals surface area contributed by atoms with Gasteiger partial charge in [-0.15, -0.1) is 12.6 Å². The molecular formula is C16H32KNO3S. The van der Waals surface area contributed by atoms with Crippen molar-refractivity contribution in [2.45, 2.75) is 83.5 Å². The zero-order chi connectivity index (χ0) is 15.9. The first kappa shape index (κ1) is 25.2. The topological polar surface area (TPSA) is 55.4 Å². The second kappa shape index (κ2) is 18.3. The zero-order valence-electron chi connectivity index (χ0n) is 13.5. The van der Waals surface area contributed by atoms with Crippen molar-refractivity contribution < 1.29 is 14.3 Å². The number of amides is 1. The van der Waals surface area contributed by atoms with E-state index in [4.69, 9.17) is 4.74 Å². The third-order valence-corrected chi connectivity index (χ3v) is 3.64. The summed E-state index contributed by atoms with van der Waals surface area (Å²) in [5, 5.41) is 2.56. The average molecular weight is 358 g/mol. The van der Waals surface area contributed by atoms with Gasteiger partial charge in [0.15, 0.2) is 0 Å². The van der Waals surface area contributed by atoms with Crippen LogP contribution < -0.4 is 5.32 Å². The van der Waals surface area contributed by atoms with Gasteiger partial charge in [-0.1, -0.05) is 58.3 Å². The second-order valence-electron chi connectivity index (χ2n) is 5.32. The van der Waals surface area contributed by atoms with E-state index >= 15 is 0 Å². The number of rotatable bonds is 13. The molecule has 126 valence electrons. The quantitative estimate of drug-likeness (QED) is 0.175. The second-order valence-corrected chi connectivity index (χ2v) is 5.78. The van der Waals surface area contributed by atoms with Crippen molar-refractivity contribution in [2.75, 3.05) is 6.54 Å². The Hall–Kier alpha value is 0.926. The van der Waals surface area contributed by atoms with Gasteiger partial charge in [-0.05, 0) is 13.3 Å². The molecule has 0 aromatic carbocycles. The molecule has 0 spiro atoms. The summed E-state index contributed by atoms with van der Waals surface area (Å²) in [7, 11) is 0. The minimum atomic E-state index is -0.990. The van der Waals surface area contributed by atoms with Gasteiger partial charge in [0.05, 0.1) is 0 Å². The van der Waals surface area contributed by atoms with Gasteiger partial charge in [-0.25, -0.2) is 0 Å². The molecule has 0 aliphatic carbocycles.